The lowest BCUT2D eigenvalue weighted by atomic mass is 10.1. The summed E-state index contributed by atoms with van der Waals surface area (Å²) in [6.07, 6.45) is -4.04. The van der Waals surface area contributed by atoms with E-state index in [0.717, 1.165) is 28.8 Å². The van der Waals surface area contributed by atoms with Gasteiger partial charge in [-0.25, -0.2) is 4.79 Å². The zero-order chi connectivity index (χ0) is 23.3. The summed E-state index contributed by atoms with van der Waals surface area (Å²) in [7, 11) is 0. The lowest BCUT2D eigenvalue weighted by molar-refractivity contribution is -0.137. The molecule has 1 N–H and O–H groups in total. The van der Waals surface area contributed by atoms with E-state index in [1.807, 2.05) is 31.2 Å². The Bertz CT molecular complexity index is 1090. The van der Waals surface area contributed by atoms with Crippen LogP contribution in [0.5, 0.6) is 0 Å². The Balaban J connectivity index is 1.79. The second-order valence-electron chi connectivity index (χ2n) is 7.40. The number of carbonyl (C=O) groups is 1. The second kappa shape index (κ2) is 10.3. The van der Waals surface area contributed by atoms with Crippen molar-refractivity contribution in [2.45, 2.75) is 26.1 Å². The third-order valence-electron chi connectivity index (χ3n) is 4.89. The van der Waals surface area contributed by atoms with Gasteiger partial charge in [-0.15, -0.1) is 0 Å². The third-order valence-corrected chi connectivity index (χ3v) is 5.48. The van der Waals surface area contributed by atoms with Gasteiger partial charge in [0.05, 0.1) is 5.56 Å². The van der Waals surface area contributed by atoms with Gasteiger partial charge in [0.1, 0.15) is 0 Å². The number of benzene rings is 3. The minimum atomic E-state index is -4.49. The van der Waals surface area contributed by atoms with Gasteiger partial charge in [0, 0.05) is 28.8 Å². The first-order valence-electron chi connectivity index (χ1n) is 9.84. The number of carbonyl (C=O) groups excluding carboxylic acids is 1. The van der Waals surface area contributed by atoms with Gasteiger partial charge in [0.25, 0.3) is 0 Å². The zero-order valence-corrected chi connectivity index (χ0v) is 18.7. The van der Waals surface area contributed by atoms with Crippen LogP contribution in [0.2, 0.25) is 10.0 Å². The van der Waals surface area contributed by atoms with Gasteiger partial charge in [0.2, 0.25) is 0 Å². The molecule has 32 heavy (non-hydrogen) atoms. The van der Waals surface area contributed by atoms with Crippen LogP contribution in [0.25, 0.3) is 0 Å². The van der Waals surface area contributed by atoms with Crippen molar-refractivity contribution in [1.82, 2.24) is 4.90 Å². The first kappa shape index (κ1) is 24.0. The average molecular weight is 481 g/mol. The van der Waals surface area contributed by atoms with Gasteiger partial charge >= 0.3 is 12.2 Å². The van der Waals surface area contributed by atoms with Crippen molar-refractivity contribution in [3.63, 3.8) is 0 Å². The van der Waals surface area contributed by atoms with E-state index in [4.69, 9.17) is 23.2 Å². The average Bonchev–Trinajstić information content (AvgIpc) is 2.73. The number of rotatable bonds is 6. The summed E-state index contributed by atoms with van der Waals surface area (Å²) in [6.45, 7) is 2.56. The SMILES string of the molecule is Cc1ccc(CN(CCc2ccc(Cl)cc2Cl)C(=O)Nc2cccc(C(F)(F)F)c2)cc1. The largest absolute Gasteiger partial charge is 0.416 e. The summed E-state index contributed by atoms with van der Waals surface area (Å²) in [6, 6.07) is 16.9. The maximum atomic E-state index is 13.0. The maximum Gasteiger partial charge on any atom is 0.416 e. The summed E-state index contributed by atoms with van der Waals surface area (Å²) in [5.74, 6) is 0. The van der Waals surface area contributed by atoms with Crippen LogP contribution in [0.1, 0.15) is 22.3 Å². The molecule has 3 rings (SSSR count). The summed E-state index contributed by atoms with van der Waals surface area (Å²) in [4.78, 5) is 14.5. The van der Waals surface area contributed by atoms with Crippen LogP contribution in [0, 0.1) is 6.92 Å². The third kappa shape index (κ3) is 6.65. The fourth-order valence-electron chi connectivity index (χ4n) is 3.12. The molecule has 0 aliphatic heterocycles. The van der Waals surface area contributed by atoms with Crippen LogP contribution in [0.4, 0.5) is 23.7 Å². The highest BCUT2D eigenvalue weighted by atomic mass is 35.5. The molecule has 0 saturated heterocycles. The summed E-state index contributed by atoms with van der Waals surface area (Å²) >= 11 is 12.2. The van der Waals surface area contributed by atoms with Crippen LogP contribution in [0.3, 0.4) is 0 Å². The minimum Gasteiger partial charge on any atom is -0.320 e. The van der Waals surface area contributed by atoms with E-state index in [2.05, 4.69) is 5.32 Å². The first-order valence-corrected chi connectivity index (χ1v) is 10.6. The van der Waals surface area contributed by atoms with Crippen LogP contribution in [0.15, 0.2) is 66.7 Å². The van der Waals surface area contributed by atoms with Crippen molar-refractivity contribution < 1.29 is 18.0 Å². The van der Waals surface area contributed by atoms with E-state index in [1.165, 1.54) is 17.0 Å². The second-order valence-corrected chi connectivity index (χ2v) is 8.25. The monoisotopic (exact) mass is 480 g/mol. The molecule has 0 bridgehead atoms. The number of anilines is 1. The zero-order valence-electron chi connectivity index (χ0n) is 17.2. The Labute approximate surface area is 194 Å². The molecule has 3 nitrogen and oxygen atoms in total. The predicted molar refractivity (Wildman–Crippen MR) is 122 cm³/mol. The van der Waals surface area contributed by atoms with Crippen LogP contribution in [-0.2, 0) is 19.1 Å². The van der Waals surface area contributed by atoms with Crippen molar-refractivity contribution in [1.29, 1.82) is 0 Å². The van der Waals surface area contributed by atoms with Crippen molar-refractivity contribution in [2.24, 2.45) is 0 Å². The van der Waals surface area contributed by atoms with Crippen molar-refractivity contribution in [2.75, 3.05) is 11.9 Å². The number of alkyl halides is 3. The minimum absolute atomic E-state index is 0.0725. The molecular formula is C24H21Cl2F3N2O. The van der Waals surface area contributed by atoms with E-state index >= 15 is 0 Å². The lowest BCUT2D eigenvalue weighted by Crippen LogP contribution is -2.36. The summed E-state index contributed by atoms with van der Waals surface area (Å²) in [5, 5.41) is 3.58. The normalized spacial score (nSPS) is 11.3. The Hall–Kier alpha value is -2.70. The molecule has 0 radical (unpaired) electrons. The Morgan fingerprint density at radius 2 is 1.72 bits per heavy atom. The molecule has 0 fully saturated rings. The standard InChI is InChI=1S/C24H21Cl2F3N2O/c1-16-5-7-17(8-6-16)15-31(12-11-18-9-10-20(25)14-22(18)26)23(32)30-21-4-2-3-19(13-21)24(27,28)29/h2-10,13-14H,11-12,15H2,1H3,(H,30,32). The Morgan fingerprint density at radius 3 is 2.38 bits per heavy atom. The number of halogens is 5. The molecule has 0 aromatic heterocycles. The van der Waals surface area contributed by atoms with Gasteiger partial charge in [-0.2, -0.15) is 13.2 Å². The number of nitrogens with one attached hydrogen (secondary N) is 1. The van der Waals surface area contributed by atoms with Gasteiger partial charge in [-0.05, 0) is 54.8 Å². The Kier molecular flexibility index (Phi) is 7.69. The van der Waals surface area contributed by atoms with Crippen LogP contribution < -0.4 is 5.32 Å². The predicted octanol–water partition coefficient (Wildman–Crippen LogP) is 7.60. The number of amides is 2. The summed E-state index contributed by atoms with van der Waals surface area (Å²) in [5.41, 5.74) is 2.05. The van der Waals surface area contributed by atoms with Gasteiger partial charge in [0.15, 0.2) is 0 Å². The molecule has 0 aliphatic carbocycles. The molecule has 3 aromatic rings. The first-order chi connectivity index (χ1) is 15.1. The van der Waals surface area contributed by atoms with Gasteiger partial charge in [-0.3, -0.25) is 0 Å². The molecule has 3 aromatic carbocycles. The number of urea groups is 1. The van der Waals surface area contributed by atoms with Crippen molar-refractivity contribution >= 4 is 34.9 Å². The van der Waals surface area contributed by atoms with Crippen molar-refractivity contribution in [3.05, 3.63) is 99.0 Å². The highest BCUT2D eigenvalue weighted by Crippen LogP contribution is 2.30. The van der Waals surface area contributed by atoms with E-state index in [-0.39, 0.29) is 12.2 Å². The maximum absolute atomic E-state index is 13.0. The molecule has 0 aliphatic rings. The molecule has 2 amide bonds. The van der Waals surface area contributed by atoms with Crippen LogP contribution >= 0.6 is 23.2 Å². The fourth-order valence-corrected chi connectivity index (χ4v) is 3.62. The number of hydrogen-bond acceptors (Lipinski definition) is 1. The fraction of sp³-hybridized carbons (Fsp3) is 0.208. The molecule has 0 spiro atoms. The van der Waals surface area contributed by atoms with E-state index in [0.29, 0.717) is 23.0 Å². The van der Waals surface area contributed by atoms with Gasteiger partial charge in [-0.1, -0.05) is 65.2 Å². The smallest absolute Gasteiger partial charge is 0.320 e. The van der Waals surface area contributed by atoms with E-state index < -0.39 is 17.8 Å². The summed E-state index contributed by atoms with van der Waals surface area (Å²) < 4.78 is 39.0. The van der Waals surface area contributed by atoms with Crippen molar-refractivity contribution in [3.8, 4) is 0 Å². The van der Waals surface area contributed by atoms with Gasteiger partial charge < -0.3 is 10.2 Å². The van der Waals surface area contributed by atoms with Crippen LogP contribution in [-0.4, -0.2) is 17.5 Å². The molecule has 0 saturated carbocycles. The molecular weight excluding hydrogens is 460 g/mol. The lowest BCUT2D eigenvalue weighted by Gasteiger charge is -2.24. The molecule has 0 atom stereocenters. The number of hydrogen-bond donors (Lipinski definition) is 1. The quantitative estimate of drug-likeness (QED) is 0.387. The highest BCUT2D eigenvalue weighted by molar-refractivity contribution is 6.35. The molecule has 0 heterocycles. The topological polar surface area (TPSA) is 32.3 Å². The van der Waals surface area contributed by atoms with E-state index in [9.17, 15) is 18.0 Å². The number of aryl methyl sites for hydroxylation is 1. The number of nitrogens with zero attached hydrogens (tertiary/aromatic N) is 1. The highest BCUT2D eigenvalue weighted by Gasteiger charge is 2.30. The molecule has 168 valence electrons. The van der Waals surface area contributed by atoms with E-state index in [1.54, 1.807) is 18.2 Å². The molecule has 0 unspecified atom stereocenters. The Morgan fingerprint density at radius 1 is 1.00 bits per heavy atom. The molecule has 8 heteroatoms.